The van der Waals surface area contributed by atoms with Gasteiger partial charge in [0.25, 0.3) is 0 Å². The third kappa shape index (κ3) is 1.66. The van der Waals surface area contributed by atoms with Crippen LogP contribution >= 0.6 is 0 Å². The molecule has 0 aromatic carbocycles. The molecule has 9 heteroatoms. The second kappa shape index (κ2) is 2.80. The lowest BCUT2D eigenvalue weighted by Crippen LogP contribution is -2.46. The fourth-order valence-electron chi connectivity index (χ4n) is 0.261. The molecule has 0 saturated heterocycles. The van der Waals surface area contributed by atoms with Gasteiger partial charge in [-0.15, -0.1) is 0 Å². The normalized spacial score (nSPS) is 14.8. The SMILES string of the molecule is COC(F)(F)C(F)(F)S(=O)(=O)F. The summed E-state index contributed by atoms with van der Waals surface area (Å²) in [6, 6.07) is 0. The molecule has 12 heavy (non-hydrogen) atoms. The van der Waals surface area contributed by atoms with Gasteiger partial charge in [-0.3, -0.25) is 0 Å². The van der Waals surface area contributed by atoms with E-state index in [0.717, 1.165) is 0 Å². The number of rotatable bonds is 3. The summed E-state index contributed by atoms with van der Waals surface area (Å²) < 4.78 is 80.7. The molecule has 0 unspecified atom stereocenters. The van der Waals surface area contributed by atoms with E-state index in [1.165, 1.54) is 0 Å². The van der Waals surface area contributed by atoms with Gasteiger partial charge in [-0.2, -0.15) is 26.0 Å². The van der Waals surface area contributed by atoms with Gasteiger partial charge < -0.3 is 4.74 Å². The van der Waals surface area contributed by atoms with E-state index in [4.69, 9.17) is 0 Å². The summed E-state index contributed by atoms with van der Waals surface area (Å²) in [5.41, 5.74) is 0. The van der Waals surface area contributed by atoms with E-state index in [2.05, 4.69) is 4.74 Å². The van der Waals surface area contributed by atoms with Gasteiger partial charge in [-0.25, -0.2) is 0 Å². The smallest absolute Gasteiger partial charge is 0.318 e. The summed E-state index contributed by atoms with van der Waals surface area (Å²) in [6.45, 7) is 0. The minimum Gasteiger partial charge on any atom is -0.318 e. The van der Waals surface area contributed by atoms with Crippen LogP contribution in [0.25, 0.3) is 0 Å². The predicted molar refractivity (Wildman–Crippen MR) is 26.9 cm³/mol. The van der Waals surface area contributed by atoms with Crippen LogP contribution in [0.3, 0.4) is 0 Å². The Morgan fingerprint density at radius 1 is 1.17 bits per heavy atom. The van der Waals surface area contributed by atoms with Crippen molar-refractivity contribution >= 4 is 10.2 Å². The highest BCUT2D eigenvalue weighted by Crippen LogP contribution is 2.39. The van der Waals surface area contributed by atoms with Crippen LogP contribution in [0.2, 0.25) is 0 Å². The van der Waals surface area contributed by atoms with Crippen molar-refractivity contribution in [1.29, 1.82) is 0 Å². The average Bonchev–Trinajstić information content (AvgIpc) is 1.85. The van der Waals surface area contributed by atoms with Crippen LogP contribution in [0.5, 0.6) is 0 Å². The molecule has 0 rings (SSSR count). The van der Waals surface area contributed by atoms with Crippen molar-refractivity contribution in [3.63, 3.8) is 0 Å². The second-order valence-corrected chi connectivity index (χ2v) is 3.06. The molecule has 0 atom stereocenters. The number of alkyl halides is 4. The van der Waals surface area contributed by atoms with Crippen molar-refractivity contribution < 1.29 is 34.6 Å². The van der Waals surface area contributed by atoms with Crippen molar-refractivity contribution in [2.75, 3.05) is 7.11 Å². The average molecular weight is 214 g/mol. The molecule has 3 nitrogen and oxygen atoms in total. The molecule has 0 aliphatic heterocycles. The molecular weight excluding hydrogens is 211 g/mol. The number of ether oxygens (including phenoxy) is 1. The fraction of sp³-hybridized carbons (Fsp3) is 1.00. The first-order chi connectivity index (χ1) is 5.06. The third-order valence-electron chi connectivity index (χ3n) is 0.901. The monoisotopic (exact) mass is 214 g/mol. The van der Waals surface area contributed by atoms with Gasteiger partial charge >= 0.3 is 21.6 Å². The zero-order valence-corrected chi connectivity index (χ0v) is 6.34. The molecular formula is C3H3F5O3S. The number of halogens is 5. The first-order valence-corrected chi connectivity index (χ1v) is 3.69. The van der Waals surface area contributed by atoms with Gasteiger partial charge in [0.2, 0.25) is 0 Å². The van der Waals surface area contributed by atoms with Crippen LogP contribution in [0, 0.1) is 0 Å². The molecule has 0 N–H and O–H groups in total. The van der Waals surface area contributed by atoms with Crippen LogP contribution in [0.4, 0.5) is 21.4 Å². The number of hydrogen-bond acceptors (Lipinski definition) is 3. The summed E-state index contributed by atoms with van der Waals surface area (Å²) in [5, 5.41) is -5.87. The highest BCUT2D eigenvalue weighted by molar-refractivity contribution is 7.87. The standard InChI is InChI=1S/C3H3F5O3S/c1-11-2(4,5)3(6,7)12(8,9)10/h1H3. The van der Waals surface area contributed by atoms with Crippen LogP contribution in [-0.4, -0.2) is 26.9 Å². The maximum Gasteiger partial charge on any atom is 0.464 e. The van der Waals surface area contributed by atoms with Crippen LogP contribution in [-0.2, 0) is 15.0 Å². The first kappa shape index (κ1) is 11.6. The molecule has 0 radical (unpaired) electrons. The number of methoxy groups -OCH3 is 1. The molecule has 0 amide bonds. The highest BCUT2D eigenvalue weighted by Gasteiger charge is 2.68. The lowest BCUT2D eigenvalue weighted by molar-refractivity contribution is -0.306. The van der Waals surface area contributed by atoms with Gasteiger partial charge in [0.05, 0.1) is 0 Å². The minimum atomic E-state index is -6.68. The van der Waals surface area contributed by atoms with Crippen molar-refractivity contribution in [3.8, 4) is 0 Å². The molecule has 0 fully saturated rings. The van der Waals surface area contributed by atoms with Crippen LogP contribution < -0.4 is 0 Å². The summed E-state index contributed by atoms with van der Waals surface area (Å²) in [6.07, 6.45) is -5.37. The van der Waals surface area contributed by atoms with Crippen molar-refractivity contribution in [2.24, 2.45) is 0 Å². The zero-order valence-electron chi connectivity index (χ0n) is 5.52. The molecule has 0 aromatic heterocycles. The summed E-state index contributed by atoms with van der Waals surface area (Å²) >= 11 is 0. The Morgan fingerprint density at radius 2 is 1.50 bits per heavy atom. The van der Waals surface area contributed by atoms with E-state index in [1.54, 1.807) is 0 Å². The Labute approximate surface area is 64.3 Å². The van der Waals surface area contributed by atoms with E-state index in [9.17, 15) is 29.9 Å². The molecule has 0 aliphatic carbocycles. The molecule has 0 heterocycles. The van der Waals surface area contributed by atoms with Crippen LogP contribution in [0.15, 0.2) is 0 Å². The fourth-order valence-corrected chi connectivity index (χ4v) is 0.628. The van der Waals surface area contributed by atoms with E-state index in [0.29, 0.717) is 0 Å². The summed E-state index contributed by atoms with van der Waals surface area (Å²) in [7, 11) is -6.56. The molecule has 0 aromatic rings. The lowest BCUT2D eigenvalue weighted by atomic mass is 10.6. The topological polar surface area (TPSA) is 43.4 Å². The molecule has 0 saturated carbocycles. The van der Waals surface area contributed by atoms with Gasteiger partial charge in [-0.05, 0) is 0 Å². The third-order valence-corrected chi connectivity index (χ3v) is 1.75. The maximum atomic E-state index is 11.9. The molecule has 74 valence electrons. The zero-order chi connectivity index (χ0) is 10.2. The Hall–Kier alpha value is -0.440. The van der Waals surface area contributed by atoms with Crippen molar-refractivity contribution in [2.45, 2.75) is 11.4 Å². The van der Waals surface area contributed by atoms with Gasteiger partial charge in [0, 0.05) is 7.11 Å². The van der Waals surface area contributed by atoms with E-state index in [-0.39, 0.29) is 7.11 Å². The van der Waals surface area contributed by atoms with Crippen LogP contribution in [0.1, 0.15) is 0 Å². The molecule has 0 spiro atoms. The minimum absolute atomic E-state index is 0.124. The number of hydrogen-bond donors (Lipinski definition) is 0. The van der Waals surface area contributed by atoms with Crippen molar-refractivity contribution in [1.82, 2.24) is 0 Å². The lowest BCUT2D eigenvalue weighted by Gasteiger charge is -2.20. The quantitative estimate of drug-likeness (QED) is 0.522. The highest BCUT2D eigenvalue weighted by atomic mass is 32.3. The Morgan fingerprint density at radius 3 is 1.58 bits per heavy atom. The second-order valence-electron chi connectivity index (χ2n) is 1.68. The van der Waals surface area contributed by atoms with E-state index < -0.39 is 21.6 Å². The maximum absolute atomic E-state index is 11.9. The van der Waals surface area contributed by atoms with Gasteiger partial charge in [0.1, 0.15) is 0 Å². The van der Waals surface area contributed by atoms with Gasteiger partial charge in [0.15, 0.2) is 0 Å². The molecule has 0 aliphatic rings. The van der Waals surface area contributed by atoms with E-state index in [1.807, 2.05) is 0 Å². The summed E-state index contributed by atoms with van der Waals surface area (Å²) in [4.78, 5) is 0. The van der Waals surface area contributed by atoms with E-state index >= 15 is 0 Å². The van der Waals surface area contributed by atoms with Crippen molar-refractivity contribution in [3.05, 3.63) is 0 Å². The predicted octanol–water partition coefficient (Wildman–Crippen LogP) is 1.12. The molecule has 0 bridgehead atoms. The Kier molecular flexibility index (Phi) is 2.70. The first-order valence-electron chi connectivity index (χ1n) is 2.31. The Bertz CT molecular complexity index is 257. The Balaban J connectivity index is 5.13. The van der Waals surface area contributed by atoms with Gasteiger partial charge in [-0.1, -0.05) is 3.89 Å². The summed E-state index contributed by atoms with van der Waals surface area (Å²) in [5.74, 6) is 0. The largest absolute Gasteiger partial charge is 0.464 e.